The largest absolute Gasteiger partial charge is 0.472 e. The lowest BCUT2D eigenvalue weighted by atomic mass is 10.0. The number of allylic oxidation sites excluding steroid dienone is 12. The van der Waals surface area contributed by atoms with E-state index in [1.807, 2.05) is 21.1 Å². The number of unbranched alkanes of at least 4 members (excludes halogenated alkanes) is 37. The van der Waals surface area contributed by atoms with Crippen molar-refractivity contribution in [3.05, 3.63) is 72.9 Å². The highest BCUT2D eigenvalue weighted by Gasteiger charge is 2.27. The second kappa shape index (κ2) is 62.0. The topological polar surface area (TPSA) is 108 Å². The number of ether oxygens (including phenoxy) is 2. The number of esters is 2. The van der Waals surface area contributed by atoms with E-state index in [0.29, 0.717) is 17.4 Å². The van der Waals surface area contributed by atoms with Crippen LogP contribution in [0, 0.1) is 0 Å². The maximum Gasteiger partial charge on any atom is 0.472 e. The SMILES string of the molecule is CC/C=C\C/C=C\C/C=C\C/C=C\C/C=C\CCCCCCCCCCCCCCCCCCCCCCCCCC(=O)OC(COC(=O)CCCCCCCCC/C=C\CCCCCCCCC)COP(=O)(O)OCC[N+](C)(C)C. The van der Waals surface area contributed by atoms with Gasteiger partial charge in [0.15, 0.2) is 6.10 Å². The van der Waals surface area contributed by atoms with E-state index in [9.17, 15) is 19.0 Å². The van der Waals surface area contributed by atoms with Crippen LogP contribution in [0.3, 0.4) is 0 Å². The standard InChI is InChI=1S/C71H130NO8P/c1-6-8-10-12-14-16-18-20-22-24-26-27-28-29-30-31-32-33-34-35-36-37-38-39-40-41-42-43-44-45-46-48-50-52-54-56-58-60-62-64-71(74)80-69(68-79-81(75,76)78-66-65-72(3,4)5)67-77-70(73)63-61-59-57-55-53-51-49-47-25-23-21-19-17-15-13-11-9-7-2/h8,10,14,16,20,22-23,25-27,29-30,69H,6-7,9,11-13,15,17-19,21,24,28,31-68H2,1-5H3/p+1/b10-8-,16-14-,22-20-,25-23-,27-26-,30-29-. The number of quaternary nitrogens is 1. The third kappa shape index (κ3) is 66.5. The minimum absolute atomic E-state index is 0.0318. The third-order valence-corrected chi connectivity index (χ3v) is 16.0. The van der Waals surface area contributed by atoms with Crippen LogP contribution in [0.15, 0.2) is 72.9 Å². The molecule has 9 nitrogen and oxygen atoms in total. The first-order chi connectivity index (χ1) is 39.5. The Bertz CT molecular complexity index is 1600. The number of phosphoric ester groups is 1. The molecule has 0 heterocycles. The smallest absolute Gasteiger partial charge is 0.462 e. The van der Waals surface area contributed by atoms with E-state index in [1.165, 1.54) is 218 Å². The summed E-state index contributed by atoms with van der Waals surface area (Å²) in [6.45, 7) is 4.35. The molecule has 0 amide bonds. The summed E-state index contributed by atoms with van der Waals surface area (Å²) in [6, 6.07) is 0. The predicted octanol–water partition coefficient (Wildman–Crippen LogP) is 22.0. The van der Waals surface area contributed by atoms with Crippen molar-refractivity contribution >= 4 is 19.8 Å². The zero-order chi connectivity index (χ0) is 59.1. The van der Waals surface area contributed by atoms with Crippen LogP contribution in [0.25, 0.3) is 0 Å². The van der Waals surface area contributed by atoms with E-state index in [2.05, 4.69) is 86.8 Å². The molecular weight excluding hydrogens is 1030 g/mol. The summed E-state index contributed by atoms with van der Waals surface area (Å²) in [7, 11) is 1.49. The molecule has 0 aliphatic rings. The average Bonchev–Trinajstić information content (AvgIpc) is 3.43. The molecule has 0 bridgehead atoms. The van der Waals surface area contributed by atoms with Gasteiger partial charge in [-0.3, -0.25) is 18.6 Å². The Morgan fingerprint density at radius 3 is 1.06 bits per heavy atom. The molecule has 10 heteroatoms. The number of nitrogens with zero attached hydrogens (tertiary/aromatic N) is 1. The van der Waals surface area contributed by atoms with Crippen LogP contribution in [0.2, 0.25) is 0 Å². The van der Waals surface area contributed by atoms with E-state index < -0.39 is 26.5 Å². The van der Waals surface area contributed by atoms with Crippen LogP contribution in [-0.4, -0.2) is 74.9 Å². The molecule has 472 valence electrons. The monoisotopic (exact) mass is 1160 g/mol. The fourth-order valence-corrected chi connectivity index (χ4v) is 10.5. The average molecular weight is 1160 g/mol. The van der Waals surface area contributed by atoms with Gasteiger partial charge in [-0.25, -0.2) is 4.57 Å². The van der Waals surface area contributed by atoms with Gasteiger partial charge in [0.2, 0.25) is 0 Å². The first-order valence-electron chi connectivity index (χ1n) is 34.2. The van der Waals surface area contributed by atoms with Gasteiger partial charge in [0.05, 0.1) is 27.7 Å². The van der Waals surface area contributed by atoms with Crippen LogP contribution in [0.1, 0.15) is 316 Å². The molecule has 0 fully saturated rings. The summed E-state index contributed by atoms with van der Waals surface area (Å²) in [4.78, 5) is 35.8. The Morgan fingerprint density at radius 2 is 0.704 bits per heavy atom. The number of phosphoric acid groups is 1. The summed E-state index contributed by atoms with van der Waals surface area (Å²) in [6.07, 6.45) is 83.0. The first kappa shape index (κ1) is 78.5. The second-order valence-corrected chi connectivity index (χ2v) is 25.6. The molecule has 0 spiro atoms. The molecule has 0 rings (SSSR count). The van der Waals surface area contributed by atoms with E-state index in [1.54, 1.807) is 0 Å². The highest BCUT2D eigenvalue weighted by Crippen LogP contribution is 2.43. The lowest BCUT2D eigenvalue weighted by Gasteiger charge is -2.24. The van der Waals surface area contributed by atoms with Gasteiger partial charge in [-0.05, 0) is 83.5 Å². The molecule has 0 aromatic rings. The molecule has 0 saturated heterocycles. The van der Waals surface area contributed by atoms with Crippen molar-refractivity contribution in [2.45, 2.75) is 322 Å². The quantitative estimate of drug-likeness (QED) is 0.0211. The molecule has 0 saturated carbocycles. The molecular formula is C71H131NO8P+. The maximum absolute atomic E-state index is 12.9. The zero-order valence-corrected chi connectivity index (χ0v) is 54.7. The van der Waals surface area contributed by atoms with Gasteiger partial charge < -0.3 is 18.9 Å². The molecule has 1 N–H and O–H groups in total. The van der Waals surface area contributed by atoms with Crippen LogP contribution < -0.4 is 0 Å². The van der Waals surface area contributed by atoms with Gasteiger partial charge in [0, 0.05) is 12.8 Å². The number of carbonyl (C=O) groups is 2. The minimum Gasteiger partial charge on any atom is -0.462 e. The Labute approximate surface area is 501 Å². The first-order valence-corrected chi connectivity index (χ1v) is 35.7. The Balaban J connectivity index is 3.94. The molecule has 0 aromatic carbocycles. The van der Waals surface area contributed by atoms with Crippen molar-refractivity contribution in [3.8, 4) is 0 Å². The van der Waals surface area contributed by atoms with Gasteiger partial charge in [0.1, 0.15) is 19.8 Å². The highest BCUT2D eigenvalue weighted by molar-refractivity contribution is 7.47. The summed E-state index contributed by atoms with van der Waals surface area (Å²) < 4.78 is 34.7. The molecule has 0 aromatic heterocycles. The predicted molar refractivity (Wildman–Crippen MR) is 349 cm³/mol. The van der Waals surface area contributed by atoms with Gasteiger partial charge in [0.25, 0.3) is 0 Å². The molecule has 0 aliphatic heterocycles. The van der Waals surface area contributed by atoms with Gasteiger partial charge in [-0.2, -0.15) is 0 Å². The maximum atomic E-state index is 12.9. The number of hydrogen-bond acceptors (Lipinski definition) is 7. The number of carbonyl (C=O) groups excluding carboxylic acids is 2. The van der Waals surface area contributed by atoms with E-state index >= 15 is 0 Å². The van der Waals surface area contributed by atoms with Crippen LogP contribution in [-0.2, 0) is 32.7 Å². The van der Waals surface area contributed by atoms with Crippen molar-refractivity contribution in [2.24, 2.45) is 0 Å². The van der Waals surface area contributed by atoms with E-state index in [0.717, 1.165) is 64.2 Å². The Hall–Kier alpha value is -2.55. The molecule has 2 atom stereocenters. The zero-order valence-electron chi connectivity index (χ0n) is 53.8. The van der Waals surface area contributed by atoms with Gasteiger partial charge in [-0.1, -0.05) is 292 Å². The lowest BCUT2D eigenvalue weighted by Crippen LogP contribution is -2.37. The summed E-state index contributed by atoms with van der Waals surface area (Å²) in [5, 5.41) is 0. The third-order valence-electron chi connectivity index (χ3n) is 15.0. The summed E-state index contributed by atoms with van der Waals surface area (Å²) in [5.41, 5.74) is 0. The van der Waals surface area contributed by atoms with Crippen molar-refractivity contribution in [1.29, 1.82) is 0 Å². The molecule has 81 heavy (non-hydrogen) atoms. The summed E-state index contributed by atoms with van der Waals surface area (Å²) >= 11 is 0. The van der Waals surface area contributed by atoms with E-state index in [4.69, 9.17) is 18.5 Å². The van der Waals surface area contributed by atoms with Crippen molar-refractivity contribution < 1.29 is 42.1 Å². The van der Waals surface area contributed by atoms with Crippen molar-refractivity contribution in [2.75, 3.05) is 47.5 Å². The Kier molecular flexibility index (Phi) is 60.0. The van der Waals surface area contributed by atoms with Crippen LogP contribution in [0.5, 0.6) is 0 Å². The minimum atomic E-state index is -4.39. The van der Waals surface area contributed by atoms with Crippen LogP contribution >= 0.6 is 7.82 Å². The second-order valence-electron chi connectivity index (χ2n) is 24.2. The summed E-state index contributed by atoms with van der Waals surface area (Å²) in [5.74, 6) is -0.789. The van der Waals surface area contributed by atoms with Crippen molar-refractivity contribution in [3.63, 3.8) is 0 Å². The van der Waals surface area contributed by atoms with E-state index in [-0.39, 0.29) is 32.0 Å². The fraction of sp³-hybridized carbons (Fsp3) is 0.803. The number of rotatable bonds is 63. The molecule has 2 unspecified atom stereocenters. The van der Waals surface area contributed by atoms with Crippen molar-refractivity contribution in [1.82, 2.24) is 0 Å². The number of hydrogen-bond donors (Lipinski definition) is 1. The lowest BCUT2D eigenvalue weighted by molar-refractivity contribution is -0.870. The molecule has 0 aliphatic carbocycles. The fourth-order valence-electron chi connectivity index (χ4n) is 9.75. The highest BCUT2D eigenvalue weighted by atomic mass is 31.2. The van der Waals surface area contributed by atoms with Crippen LogP contribution in [0.4, 0.5) is 0 Å². The van der Waals surface area contributed by atoms with Gasteiger partial charge >= 0.3 is 19.8 Å². The normalized spacial score (nSPS) is 13.6. The van der Waals surface area contributed by atoms with Gasteiger partial charge in [-0.15, -0.1) is 0 Å². The number of likely N-dealkylation sites (N-methyl/N-ethyl adjacent to an activating group) is 1. The molecule has 0 radical (unpaired) electrons. The Morgan fingerprint density at radius 1 is 0.395 bits per heavy atom.